The van der Waals surface area contributed by atoms with Crippen LogP contribution in [0.3, 0.4) is 0 Å². The Bertz CT molecular complexity index is 1320. The van der Waals surface area contributed by atoms with Gasteiger partial charge in [-0.2, -0.15) is 4.31 Å². The number of carbonyl (C=O) groups is 1. The summed E-state index contributed by atoms with van der Waals surface area (Å²) in [6, 6.07) is 11.7. The number of hydrogen-bond donors (Lipinski definition) is 0. The van der Waals surface area contributed by atoms with Gasteiger partial charge in [0.05, 0.1) is 23.9 Å². The molecule has 3 aromatic rings. The van der Waals surface area contributed by atoms with E-state index in [-0.39, 0.29) is 41.9 Å². The zero-order valence-electron chi connectivity index (χ0n) is 18.9. The second-order valence-electron chi connectivity index (χ2n) is 8.27. The number of benzene rings is 2. The lowest BCUT2D eigenvalue weighted by atomic mass is 10.1. The van der Waals surface area contributed by atoms with Crippen LogP contribution in [-0.2, 0) is 21.2 Å². The first-order chi connectivity index (χ1) is 15.7. The van der Waals surface area contributed by atoms with Gasteiger partial charge in [-0.25, -0.2) is 13.2 Å². The Labute approximate surface area is 192 Å². The molecule has 10 heteroatoms. The van der Waals surface area contributed by atoms with Crippen LogP contribution in [0.5, 0.6) is 5.75 Å². The molecule has 1 aromatic heterocycles. The Morgan fingerprint density at radius 1 is 1.06 bits per heavy atom. The van der Waals surface area contributed by atoms with Crippen LogP contribution < -0.4 is 10.5 Å². The highest BCUT2D eigenvalue weighted by Crippen LogP contribution is 2.24. The molecule has 33 heavy (non-hydrogen) atoms. The van der Waals surface area contributed by atoms with Crippen molar-refractivity contribution in [3.8, 4) is 5.75 Å². The van der Waals surface area contributed by atoms with Crippen molar-refractivity contribution >= 4 is 27.0 Å². The van der Waals surface area contributed by atoms with Gasteiger partial charge in [-0.15, -0.1) is 0 Å². The summed E-state index contributed by atoms with van der Waals surface area (Å²) >= 11 is 0. The lowest BCUT2D eigenvalue weighted by Crippen LogP contribution is -2.50. The van der Waals surface area contributed by atoms with Crippen LogP contribution in [0.15, 0.2) is 56.6 Å². The van der Waals surface area contributed by atoms with Gasteiger partial charge in [0.15, 0.2) is 5.58 Å². The van der Waals surface area contributed by atoms with E-state index in [2.05, 4.69) is 0 Å². The van der Waals surface area contributed by atoms with E-state index < -0.39 is 15.8 Å². The Hall–Kier alpha value is -3.11. The van der Waals surface area contributed by atoms with Crippen molar-refractivity contribution in [2.75, 3.05) is 33.3 Å². The third-order valence-electron chi connectivity index (χ3n) is 5.84. The van der Waals surface area contributed by atoms with Crippen LogP contribution in [0.1, 0.15) is 25.5 Å². The molecule has 0 aliphatic carbocycles. The largest absolute Gasteiger partial charge is 0.497 e. The number of fused-ring (bicyclic) bond motifs is 1. The summed E-state index contributed by atoms with van der Waals surface area (Å²) in [7, 11) is -2.20. The Morgan fingerprint density at radius 2 is 1.73 bits per heavy atom. The second kappa shape index (κ2) is 9.03. The van der Waals surface area contributed by atoms with E-state index in [1.54, 1.807) is 30.2 Å². The first-order valence-corrected chi connectivity index (χ1v) is 12.2. The maximum Gasteiger partial charge on any atom is 0.420 e. The zero-order chi connectivity index (χ0) is 23.8. The Balaban J connectivity index is 1.44. The molecule has 0 bridgehead atoms. The fraction of sp³-hybridized carbons (Fsp3) is 0.391. The number of sulfonamides is 1. The SMILES string of the molecule is COc1ccc(CC(=O)N2CCN(S(=O)(=O)c3ccc4c(c3)oc(=O)n4C(C)C)CC2)cc1. The predicted octanol–water partition coefficient (Wildman–Crippen LogP) is 2.26. The van der Waals surface area contributed by atoms with Crippen LogP contribution in [0.4, 0.5) is 0 Å². The summed E-state index contributed by atoms with van der Waals surface area (Å²) in [6.07, 6.45) is 0.249. The van der Waals surface area contributed by atoms with Crippen LogP contribution in [0.2, 0.25) is 0 Å². The molecule has 4 rings (SSSR count). The molecular formula is C23H27N3O6S. The fourth-order valence-electron chi connectivity index (χ4n) is 4.02. The number of methoxy groups -OCH3 is 1. The average Bonchev–Trinajstić information content (AvgIpc) is 3.14. The molecular weight excluding hydrogens is 446 g/mol. The predicted molar refractivity (Wildman–Crippen MR) is 123 cm³/mol. The number of aromatic nitrogens is 1. The molecule has 2 heterocycles. The van der Waals surface area contributed by atoms with E-state index >= 15 is 0 Å². The topological polar surface area (TPSA) is 102 Å². The molecule has 176 valence electrons. The van der Waals surface area contributed by atoms with Crippen molar-refractivity contribution in [1.29, 1.82) is 0 Å². The highest BCUT2D eigenvalue weighted by Gasteiger charge is 2.30. The number of hydrogen-bond acceptors (Lipinski definition) is 6. The molecule has 2 aromatic carbocycles. The van der Waals surface area contributed by atoms with Gasteiger partial charge in [-0.3, -0.25) is 9.36 Å². The molecule has 1 aliphatic rings. The van der Waals surface area contributed by atoms with E-state index in [0.29, 0.717) is 18.6 Å². The van der Waals surface area contributed by atoms with Gasteiger partial charge in [0, 0.05) is 38.3 Å². The number of nitrogens with zero attached hydrogens (tertiary/aromatic N) is 3. The zero-order valence-corrected chi connectivity index (χ0v) is 19.7. The second-order valence-corrected chi connectivity index (χ2v) is 10.2. The van der Waals surface area contributed by atoms with Gasteiger partial charge in [-0.05, 0) is 43.7 Å². The van der Waals surface area contributed by atoms with Crippen molar-refractivity contribution < 1.29 is 22.4 Å². The lowest BCUT2D eigenvalue weighted by Gasteiger charge is -2.34. The summed E-state index contributed by atoms with van der Waals surface area (Å²) in [5, 5.41) is 0. The highest BCUT2D eigenvalue weighted by molar-refractivity contribution is 7.89. The smallest absolute Gasteiger partial charge is 0.420 e. The van der Waals surface area contributed by atoms with E-state index in [1.165, 1.54) is 21.0 Å². The molecule has 0 atom stereocenters. The Morgan fingerprint density at radius 3 is 2.33 bits per heavy atom. The van der Waals surface area contributed by atoms with Crippen LogP contribution >= 0.6 is 0 Å². The third-order valence-corrected chi connectivity index (χ3v) is 7.74. The van der Waals surface area contributed by atoms with Crippen molar-refractivity contribution in [2.24, 2.45) is 0 Å². The van der Waals surface area contributed by atoms with Crippen molar-refractivity contribution in [3.63, 3.8) is 0 Å². The van der Waals surface area contributed by atoms with E-state index in [0.717, 1.165) is 11.3 Å². The quantitative estimate of drug-likeness (QED) is 0.544. The molecule has 0 N–H and O–H groups in total. The first kappa shape index (κ1) is 23.1. The van der Waals surface area contributed by atoms with E-state index in [4.69, 9.17) is 9.15 Å². The molecule has 0 saturated carbocycles. The first-order valence-electron chi connectivity index (χ1n) is 10.8. The summed E-state index contributed by atoms with van der Waals surface area (Å²) in [6.45, 7) is 4.74. The molecule has 0 radical (unpaired) electrons. The third kappa shape index (κ3) is 4.53. The summed E-state index contributed by atoms with van der Waals surface area (Å²) in [5.74, 6) is 0.164. The van der Waals surface area contributed by atoms with Gasteiger partial charge in [0.1, 0.15) is 5.75 Å². The minimum atomic E-state index is -3.78. The van der Waals surface area contributed by atoms with E-state index in [1.807, 2.05) is 26.0 Å². The number of oxazole rings is 1. The minimum absolute atomic E-state index is 0.0459. The van der Waals surface area contributed by atoms with Crippen molar-refractivity contribution in [3.05, 3.63) is 58.6 Å². The summed E-state index contributed by atoms with van der Waals surface area (Å²) in [5.41, 5.74) is 1.67. The fourth-order valence-corrected chi connectivity index (χ4v) is 5.46. The van der Waals surface area contributed by atoms with Crippen LogP contribution in [-0.4, -0.2) is 61.4 Å². The molecule has 1 saturated heterocycles. The summed E-state index contributed by atoms with van der Waals surface area (Å²) < 4.78 is 39.6. The summed E-state index contributed by atoms with van der Waals surface area (Å²) in [4.78, 5) is 26.5. The average molecular weight is 474 g/mol. The van der Waals surface area contributed by atoms with Gasteiger partial charge >= 0.3 is 5.76 Å². The van der Waals surface area contributed by atoms with Gasteiger partial charge in [0.25, 0.3) is 0 Å². The molecule has 9 nitrogen and oxygen atoms in total. The van der Waals surface area contributed by atoms with Gasteiger partial charge in [0.2, 0.25) is 15.9 Å². The molecule has 0 spiro atoms. The standard InChI is InChI=1S/C23H27N3O6S/c1-16(2)26-20-9-8-19(15-21(20)32-23(26)28)33(29,30)25-12-10-24(11-13-25)22(27)14-17-4-6-18(31-3)7-5-17/h4-9,15-16H,10-14H2,1-3H3. The molecule has 1 aliphatic heterocycles. The molecule has 1 fully saturated rings. The Kier molecular flexibility index (Phi) is 6.31. The van der Waals surface area contributed by atoms with E-state index in [9.17, 15) is 18.0 Å². The van der Waals surface area contributed by atoms with Gasteiger partial charge < -0.3 is 14.1 Å². The maximum atomic E-state index is 13.2. The van der Waals surface area contributed by atoms with Crippen molar-refractivity contribution in [2.45, 2.75) is 31.2 Å². The lowest BCUT2D eigenvalue weighted by molar-refractivity contribution is -0.131. The van der Waals surface area contributed by atoms with Crippen LogP contribution in [0.25, 0.3) is 11.1 Å². The molecule has 0 unspecified atom stereocenters. The maximum absolute atomic E-state index is 13.2. The number of amides is 1. The number of piperazine rings is 1. The minimum Gasteiger partial charge on any atom is -0.497 e. The van der Waals surface area contributed by atoms with Crippen molar-refractivity contribution in [1.82, 2.24) is 13.8 Å². The van der Waals surface area contributed by atoms with Gasteiger partial charge in [-0.1, -0.05) is 12.1 Å². The number of ether oxygens (including phenoxy) is 1. The number of rotatable bonds is 6. The number of carbonyl (C=O) groups excluding carboxylic acids is 1. The normalized spacial score (nSPS) is 15.3. The van der Waals surface area contributed by atoms with Crippen LogP contribution in [0, 0.1) is 0 Å². The monoisotopic (exact) mass is 473 g/mol. The molecule has 1 amide bonds. The highest BCUT2D eigenvalue weighted by atomic mass is 32.2.